The van der Waals surface area contributed by atoms with Crippen molar-refractivity contribution < 1.29 is 32.3 Å². The second kappa shape index (κ2) is 15.9. The highest BCUT2D eigenvalue weighted by Gasteiger charge is 2.47. The maximum atomic E-state index is 13.6. The van der Waals surface area contributed by atoms with Crippen molar-refractivity contribution in [1.82, 2.24) is 25.1 Å². The van der Waals surface area contributed by atoms with Crippen molar-refractivity contribution in [1.29, 1.82) is 0 Å². The molecule has 1 aromatic heterocycles. The van der Waals surface area contributed by atoms with Crippen LogP contribution in [0, 0.1) is 5.92 Å². The van der Waals surface area contributed by atoms with E-state index in [1.807, 2.05) is 81.4 Å². The monoisotopic (exact) mass is 817 g/mol. The molecular formula is C44H47N7O7S. The molecule has 14 nitrogen and oxygen atoms in total. The number of fused-ring (bicyclic) bond motifs is 2. The number of likely N-dealkylation sites (tertiary alicyclic amines) is 2. The standard InChI is InChI=1S/C44H47N7O7S/c1-27(2)38(48-42(53)57-4)40(52)50-20-8-12-36(50)39-45-25-35(46-39)33-16-15-29-22-30(13-14-31(29)23-33)32-17-18-37-34(24-32)47-41(49-59(37,55)56)44(3)19-9-21-51(44)43(54)58-26-28-10-6-5-7-11-28/h5-7,10-11,13-18,22-25,27,36,38H,8-9,12,19-21,26H2,1-4H3,(H,45,46)(H,47,49)(H,48,53)/t36-,38-,44-/m0/s1. The van der Waals surface area contributed by atoms with Gasteiger partial charge in [-0.1, -0.05) is 74.5 Å². The third kappa shape index (κ3) is 7.74. The van der Waals surface area contributed by atoms with E-state index in [9.17, 15) is 22.8 Å². The van der Waals surface area contributed by atoms with Gasteiger partial charge >= 0.3 is 12.2 Å². The molecule has 3 N–H and O–H groups in total. The lowest BCUT2D eigenvalue weighted by molar-refractivity contribution is -0.135. The first-order valence-corrected chi connectivity index (χ1v) is 21.3. The van der Waals surface area contributed by atoms with Gasteiger partial charge in [-0.2, -0.15) is 8.42 Å². The summed E-state index contributed by atoms with van der Waals surface area (Å²) in [6.07, 6.45) is 3.37. The number of amides is 3. The summed E-state index contributed by atoms with van der Waals surface area (Å²) >= 11 is 0. The number of amidine groups is 1. The Morgan fingerprint density at radius 1 is 0.932 bits per heavy atom. The fraction of sp³-hybridized carbons (Fsp3) is 0.341. The van der Waals surface area contributed by atoms with Crippen LogP contribution in [-0.4, -0.2) is 83.9 Å². The third-order valence-electron chi connectivity index (χ3n) is 11.6. The van der Waals surface area contributed by atoms with Crippen LogP contribution in [0.5, 0.6) is 0 Å². The van der Waals surface area contributed by atoms with Crippen LogP contribution < -0.4 is 10.6 Å². The molecule has 306 valence electrons. The fourth-order valence-electron chi connectivity index (χ4n) is 8.32. The van der Waals surface area contributed by atoms with Crippen LogP contribution >= 0.6 is 0 Å². The lowest BCUT2D eigenvalue weighted by Gasteiger charge is -2.37. The number of imidazole rings is 1. The van der Waals surface area contributed by atoms with E-state index in [1.54, 1.807) is 28.1 Å². The van der Waals surface area contributed by atoms with E-state index >= 15 is 0 Å². The smallest absolute Gasteiger partial charge is 0.410 e. The number of methoxy groups -OCH3 is 1. The second-order valence-corrected chi connectivity index (χ2v) is 17.4. The molecule has 2 saturated heterocycles. The van der Waals surface area contributed by atoms with E-state index in [2.05, 4.69) is 32.1 Å². The number of alkyl carbamates (subject to hydrolysis) is 1. The lowest BCUT2D eigenvalue weighted by Crippen LogP contribution is -2.54. The van der Waals surface area contributed by atoms with Crippen molar-refractivity contribution in [2.45, 2.75) is 75.6 Å². The van der Waals surface area contributed by atoms with Crippen molar-refractivity contribution in [3.8, 4) is 22.4 Å². The summed E-state index contributed by atoms with van der Waals surface area (Å²) in [5, 5.41) is 7.96. The van der Waals surface area contributed by atoms with Crippen LogP contribution in [0.3, 0.4) is 0 Å². The Hall–Kier alpha value is -6.22. The van der Waals surface area contributed by atoms with Gasteiger partial charge in [-0.15, -0.1) is 4.40 Å². The largest absolute Gasteiger partial charge is 0.453 e. The predicted octanol–water partition coefficient (Wildman–Crippen LogP) is 7.65. The SMILES string of the molecule is COC(=O)N[C@H](C(=O)N1CCC[C@H]1c1ncc(-c2ccc3cc(-c4ccc5c(c4)NC([C@]4(C)CCCN4C(=O)OCc4ccccc4)=NS5(=O)=O)ccc3c2)[nH]1)C(C)C. The second-order valence-electron chi connectivity index (χ2n) is 15.8. The molecule has 4 heterocycles. The van der Waals surface area contributed by atoms with Gasteiger partial charge in [0.25, 0.3) is 10.0 Å². The van der Waals surface area contributed by atoms with Gasteiger partial charge in [0.15, 0.2) is 0 Å². The van der Waals surface area contributed by atoms with Crippen LogP contribution in [0.2, 0.25) is 0 Å². The maximum absolute atomic E-state index is 13.6. The average Bonchev–Trinajstić information content (AvgIpc) is 4.02. The number of nitrogens with one attached hydrogen (secondary N) is 3. The Kier molecular flexibility index (Phi) is 10.6. The number of H-pyrrole nitrogens is 1. The summed E-state index contributed by atoms with van der Waals surface area (Å²) in [4.78, 5) is 50.5. The number of carbonyl (C=O) groups is 3. The predicted molar refractivity (Wildman–Crippen MR) is 224 cm³/mol. The van der Waals surface area contributed by atoms with Gasteiger partial charge in [0.1, 0.15) is 34.7 Å². The molecule has 8 rings (SSSR count). The minimum absolute atomic E-state index is 0.0665. The molecule has 0 bridgehead atoms. The molecular weight excluding hydrogens is 771 g/mol. The van der Waals surface area contributed by atoms with E-state index in [1.165, 1.54) is 7.11 Å². The maximum Gasteiger partial charge on any atom is 0.410 e. The van der Waals surface area contributed by atoms with Crippen molar-refractivity contribution in [2.24, 2.45) is 10.3 Å². The van der Waals surface area contributed by atoms with E-state index in [4.69, 9.17) is 14.5 Å². The number of aromatic nitrogens is 2. The molecule has 15 heteroatoms. The zero-order valence-corrected chi connectivity index (χ0v) is 34.2. The average molecular weight is 818 g/mol. The quantitative estimate of drug-likeness (QED) is 0.135. The molecule has 3 aliphatic heterocycles. The highest BCUT2D eigenvalue weighted by atomic mass is 32.2. The molecule has 0 aliphatic carbocycles. The number of nitrogens with zero attached hydrogens (tertiary/aromatic N) is 4. The van der Waals surface area contributed by atoms with E-state index in [0.717, 1.165) is 51.6 Å². The van der Waals surface area contributed by atoms with E-state index in [-0.39, 0.29) is 35.2 Å². The Labute approximate surface area is 343 Å². The number of hydrogen-bond acceptors (Lipinski definition) is 9. The highest BCUT2D eigenvalue weighted by molar-refractivity contribution is 7.90. The van der Waals surface area contributed by atoms with Crippen LogP contribution in [-0.2, 0) is 30.9 Å². The van der Waals surface area contributed by atoms with Gasteiger partial charge in [0.2, 0.25) is 5.91 Å². The first-order valence-electron chi connectivity index (χ1n) is 19.8. The van der Waals surface area contributed by atoms with Gasteiger partial charge in [0.05, 0.1) is 30.7 Å². The number of rotatable bonds is 9. The van der Waals surface area contributed by atoms with Crippen LogP contribution in [0.1, 0.15) is 63.9 Å². The summed E-state index contributed by atoms with van der Waals surface area (Å²) < 4.78 is 41.7. The molecule has 2 fully saturated rings. The number of sulfonamides is 1. The molecule has 4 aromatic carbocycles. The van der Waals surface area contributed by atoms with Gasteiger partial charge in [-0.05, 0) is 90.3 Å². The molecule has 3 atom stereocenters. The molecule has 0 radical (unpaired) electrons. The number of benzene rings is 4. The topological polar surface area (TPSA) is 175 Å². The number of anilines is 1. The Morgan fingerprint density at radius 3 is 2.39 bits per heavy atom. The van der Waals surface area contributed by atoms with E-state index < -0.39 is 33.8 Å². The minimum Gasteiger partial charge on any atom is -0.453 e. The summed E-state index contributed by atoms with van der Waals surface area (Å²) in [5.41, 5.74) is 3.69. The van der Waals surface area contributed by atoms with Gasteiger partial charge in [-0.3, -0.25) is 9.69 Å². The van der Waals surface area contributed by atoms with Crippen molar-refractivity contribution in [3.05, 3.63) is 103 Å². The van der Waals surface area contributed by atoms with E-state index in [0.29, 0.717) is 37.4 Å². The zero-order chi connectivity index (χ0) is 41.5. The van der Waals surface area contributed by atoms with Gasteiger partial charge < -0.3 is 30.0 Å². The fourth-order valence-corrected chi connectivity index (χ4v) is 9.53. The van der Waals surface area contributed by atoms with Gasteiger partial charge in [0, 0.05) is 18.7 Å². The third-order valence-corrected chi connectivity index (χ3v) is 13.0. The van der Waals surface area contributed by atoms with Crippen molar-refractivity contribution in [3.63, 3.8) is 0 Å². The normalized spacial score (nSPS) is 20.2. The number of ether oxygens (including phenoxy) is 2. The Morgan fingerprint density at radius 2 is 1.64 bits per heavy atom. The molecule has 0 saturated carbocycles. The Balaban J connectivity index is 0.993. The van der Waals surface area contributed by atoms with Gasteiger partial charge in [-0.25, -0.2) is 14.6 Å². The number of aromatic amines is 1. The van der Waals surface area contributed by atoms with Crippen molar-refractivity contribution in [2.75, 3.05) is 25.5 Å². The minimum atomic E-state index is -4.06. The lowest BCUT2D eigenvalue weighted by atomic mass is 9.96. The molecule has 0 unspecified atom stereocenters. The summed E-state index contributed by atoms with van der Waals surface area (Å²) in [6, 6.07) is 25.8. The first-order chi connectivity index (χ1) is 28.3. The molecule has 3 aliphatic rings. The summed E-state index contributed by atoms with van der Waals surface area (Å²) in [7, 11) is -2.78. The number of carbonyl (C=O) groups excluding carboxylic acids is 3. The van der Waals surface area contributed by atoms with Crippen molar-refractivity contribution >= 4 is 50.4 Å². The molecule has 59 heavy (non-hydrogen) atoms. The van der Waals surface area contributed by atoms with Crippen LogP contribution in [0.25, 0.3) is 33.2 Å². The summed E-state index contributed by atoms with van der Waals surface area (Å²) in [6.45, 7) is 6.68. The summed E-state index contributed by atoms with van der Waals surface area (Å²) in [5.74, 6) is 0.586. The van der Waals surface area contributed by atoms with Crippen LogP contribution in [0.4, 0.5) is 15.3 Å². The molecule has 5 aromatic rings. The highest BCUT2D eigenvalue weighted by Crippen LogP contribution is 2.39. The van der Waals surface area contributed by atoms with Crippen LogP contribution in [0.15, 0.2) is 100 Å². The zero-order valence-electron chi connectivity index (χ0n) is 33.4. The number of hydrogen-bond donors (Lipinski definition) is 3. The first kappa shape index (κ1) is 39.6. The molecule has 0 spiro atoms. The Bertz CT molecular complexity index is 2570. The molecule has 3 amide bonds.